The Hall–Kier alpha value is -1.63. The van der Waals surface area contributed by atoms with Gasteiger partial charge >= 0.3 is 12.1 Å². The molecule has 1 N–H and O–H groups in total. The maximum Gasteiger partial charge on any atom is 0.433 e. The fourth-order valence-electron chi connectivity index (χ4n) is 2.98. The van der Waals surface area contributed by atoms with Crippen LogP contribution in [-0.4, -0.2) is 33.0 Å². The summed E-state index contributed by atoms with van der Waals surface area (Å²) in [6.45, 7) is 4.80. The van der Waals surface area contributed by atoms with Crippen molar-refractivity contribution < 1.29 is 23.1 Å². The Balaban J connectivity index is 2.13. The van der Waals surface area contributed by atoms with E-state index in [0.29, 0.717) is 12.2 Å². The summed E-state index contributed by atoms with van der Waals surface area (Å²) in [4.78, 5) is 16.6. The van der Waals surface area contributed by atoms with Crippen molar-refractivity contribution in [2.24, 2.45) is 5.92 Å². The van der Waals surface area contributed by atoms with Crippen molar-refractivity contribution in [2.45, 2.75) is 44.9 Å². The number of carboxylic acids is 1. The second kappa shape index (κ2) is 5.87. The number of carbonyl (C=O) groups is 1. The number of hydrogen-bond donors (Lipinski definition) is 1. The number of nitrogens with zero attached hydrogens (tertiary/aromatic N) is 2. The molecule has 1 unspecified atom stereocenters. The lowest BCUT2D eigenvalue weighted by Crippen LogP contribution is -2.42. The van der Waals surface area contributed by atoms with E-state index in [1.807, 2.05) is 18.7 Å². The fraction of sp³-hybridized carbons (Fsp3) is 0.600. The Bertz CT molecular complexity index is 558. The van der Waals surface area contributed by atoms with E-state index in [0.717, 1.165) is 12.5 Å². The highest BCUT2D eigenvalue weighted by Crippen LogP contribution is 2.37. The van der Waals surface area contributed by atoms with Crippen molar-refractivity contribution in [3.05, 3.63) is 29.6 Å². The quantitative estimate of drug-likeness (QED) is 0.927. The first-order chi connectivity index (χ1) is 10.1. The first-order valence-corrected chi connectivity index (χ1v) is 7.10. The Kier molecular flexibility index (Phi) is 4.47. The smallest absolute Gasteiger partial charge is 0.433 e. The van der Waals surface area contributed by atoms with Gasteiger partial charge in [0.05, 0.1) is 5.69 Å². The zero-order valence-corrected chi connectivity index (χ0v) is 12.5. The van der Waals surface area contributed by atoms with Crippen LogP contribution in [0, 0.1) is 5.92 Å². The minimum atomic E-state index is -4.46. The number of alkyl halides is 3. The first kappa shape index (κ1) is 16.7. The van der Waals surface area contributed by atoms with E-state index in [-0.39, 0.29) is 24.4 Å². The molecule has 2 rings (SSSR count). The van der Waals surface area contributed by atoms with Crippen LogP contribution in [0.5, 0.6) is 0 Å². The van der Waals surface area contributed by atoms with Gasteiger partial charge in [0.15, 0.2) is 0 Å². The van der Waals surface area contributed by atoms with Crippen LogP contribution in [0.4, 0.5) is 13.2 Å². The van der Waals surface area contributed by atoms with Crippen molar-refractivity contribution in [3.8, 4) is 0 Å². The van der Waals surface area contributed by atoms with Gasteiger partial charge in [-0.1, -0.05) is 6.07 Å². The van der Waals surface area contributed by atoms with Gasteiger partial charge in [0.25, 0.3) is 0 Å². The van der Waals surface area contributed by atoms with Crippen LogP contribution in [0.2, 0.25) is 0 Å². The third kappa shape index (κ3) is 3.58. The Morgan fingerprint density at radius 3 is 2.73 bits per heavy atom. The average molecular weight is 316 g/mol. The van der Waals surface area contributed by atoms with Crippen LogP contribution in [0.15, 0.2) is 18.2 Å². The van der Waals surface area contributed by atoms with Crippen LogP contribution in [0.25, 0.3) is 0 Å². The maximum absolute atomic E-state index is 12.7. The summed E-state index contributed by atoms with van der Waals surface area (Å²) in [5.74, 6) is -0.868. The van der Waals surface area contributed by atoms with E-state index in [9.17, 15) is 18.0 Å². The highest BCUT2D eigenvalue weighted by molar-refractivity contribution is 5.67. The van der Waals surface area contributed by atoms with E-state index in [4.69, 9.17) is 5.11 Å². The molecule has 1 saturated heterocycles. The number of halogens is 3. The molecule has 122 valence electrons. The van der Waals surface area contributed by atoms with Crippen molar-refractivity contribution >= 4 is 5.97 Å². The summed E-state index contributed by atoms with van der Waals surface area (Å²) in [6.07, 6.45) is -3.67. The van der Waals surface area contributed by atoms with Crippen LogP contribution < -0.4 is 0 Å². The van der Waals surface area contributed by atoms with Crippen LogP contribution >= 0.6 is 0 Å². The minimum absolute atomic E-state index is 0.0178. The molecule has 0 saturated carbocycles. The van der Waals surface area contributed by atoms with Gasteiger partial charge in [-0.2, -0.15) is 13.2 Å². The number of aromatic nitrogens is 1. The first-order valence-electron chi connectivity index (χ1n) is 7.10. The topological polar surface area (TPSA) is 53.4 Å². The molecule has 1 aliphatic heterocycles. The number of pyridine rings is 1. The maximum atomic E-state index is 12.7. The molecule has 0 amide bonds. The van der Waals surface area contributed by atoms with Gasteiger partial charge in [0.2, 0.25) is 0 Å². The summed E-state index contributed by atoms with van der Waals surface area (Å²) >= 11 is 0. The zero-order valence-electron chi connectivity index (χ0n) is 12.5. The summed E-state index contributed by atoms with van der Waals surface area (Å²) in [5, 5.41) is 8.95. The zero-order chi connectivity index (χ0) is 16.5. The van der Waals surface area contributed by atoms with Crippen molar-refractivity contribution in [2.75, 3.05) is 6.54 Å². The molecular weight excluding hydrogens is 297 g/mol. The van der Waals surface area contributed by atoms with E-state index in [1.54, 1.807) is 6.07 Å². The van der Waals surface area contributed by atoms with Crippen LogP contribution in [0.3, 0.4) is 0 Å². The number of aliphatic carboxylic acids is 1. The second-order valence-electron chi connectivity index (χ2n) is 6.17. The molecule has 1 aliphatic rings. The van der Waals surface area contributed by atoms with Gasteiger partial charge in [0.1, 0.15) is 5.69 Å². The van der Waals surface area contributed by atoms with E-state index in [1.165, 1.54) is 6.07 Å². The van der Waals surface area contributed by atoms with Gasteiger partial charge < -0.3 is 5.11 Å². The third-order valence-electron chi connectivity index (χ3n) is 4.43. The molecule has 1 atom stereocenters. The van der Waals surface area contributed by atoms with Gasteiger partial charge in [-0.3, -0.25) is 9.69 Å². The van der Waals surface area contributed by atoms with Gasteiger partial charge in [-0.05, 0) is 44.9 Å². The SMILES string of the molecule is CC1(C)C(CC(=O)O)CCN1Cc1cccc(C(F)(F)F)n1. The number of carboxylic acid groups (broad SMARTS) is 1. The summed E-state index contributed by atoms with van der Waals surface area (Å²) in [6, 6.07) is 3.87. The molecule has 0 aromatic carbocycles. The molecule has 0 bridgehead atoms. The minimum Gasteiger partial charge on any atom is -0.481 e. The Labute approximate surface area is 127 Å². The molecule has 22 heavy (non-hydrogen) atoms. The molecule has 4 nitrogen and oxygen atoms in total. The summed E-state index contributed by atoms with van der Waals surface area (Å²) in [5.41, 5.74) is -0.933. The second-order valence-corrected chi connectivity index (χ2v) is 6.17. The number of likely N-dealkylation sites (tertiary alicyclic amines) is 1. The van der Waals surface area contributed by atoms with Crippen molar-refractivity contribution in [1.82, 2.24) is 9.88 Å². The van der Waals surface area contributed by atoms with Gasteiger partial charge in [-0.15, -0.1) is 0 Å². The Morgan fingerprint density at radius 2 is 2.14 bits per heavy atom. The molecule has 1 aromatic heterocycles. The van der Waals surface area contributed by atoms with Crippen molar-refractivity contribution in [1.29, 1.82) is 0 Å². The van der Waals surface area contributed by atoms with E-state index >= 15 is 0 Å². The van der Waals surface area contributed by atoms with Crippen LogP contribution in [-0.2, 0) is 17.5 Å². The van der Waals surface area contributed by atoms with Crippen LogP contribution in [0.1, 0.15) is 38.1 Å². The number of hydrogen-bond acceptors (Lipinski definition) is 3. The monoisotopic (exact) mass is 316 g/mol. The predicted molar refractivity (Wildman–Crippen MR) is 74.1 cm³/mol. The molecule has 2 heterocycles. The third-order valence-corrected chi connectivity index (χ3v) is 4.43. The number of rotatable bonds is 4. The molecular formula is C15H19F3N2O2. The normalized spacial score (nSPS) is 22.0. The molecule has 0 aliphatic carbocycles. The lowest BCUT2D eigenvalue weighted by molar-refractivity contribution is -0.141. The van der Waals surface area contributed by atoms with E-state index < -0.39 is 17.8 Å². The lowest BCUT2D eigenvalue weighted by atomic mass is 9.86. The molecule has 1 fully saturated rings. The molecule has 0 spiro atoms. The standard InChI is InChI=1S/C15H19F3N2O2/c1-14(2)10(8-13(21)22)6-7-20(14)9-11-4-3-5-12(19-11)15(16,17)18/h3-5,10H,6-9H2,1-2H3,(H,21,22). The molecule has 1 aromatic rings. The Morgan fingerprint density at radius 1 is 1.45 bits per heavy atom. The van der Waals surface area contributed by atoms with Crippen molar-refractivity contribution in [3.63, 3.8) is 0 Å². The summed E-state index contributed by atoms with van der Waals surface area (Å²) < 4.78 is 38.1. The predicted octanol–water partition coefficient (Wildman–Crippen LogP) is 3.18. The highest BCUT2D eigenvalue weighted by Gasteiger charge is 2.42. The largest absolute Gasteiger partial charge is 0.481 e. The molecule has 7 heteroatoms. The molecule has 0 radical (unpaired) electrons. The van der Waals surface area contributed by atoms with E-state index in [2.05, 4.69) is 4.98 Å². The fourth-order valence-corrected chi connectivity index (χ4v) is 2.98. The summed E-state index contributed by atoms with van der Waals surface area (Å²) in [7, 11) is 0. The highest BCUT2D eigenvalue weighted by atomic mass is 19.4. The lowest BCUT2D eigenvalue weighted by Gasteiger charge is -2.35. The van der Waals surface area contributed by atoms with Gasteiger partial charge in [0, 0.05) is 18.5 Å². The average Bonchev–Trinajstić information content (AvgIpc) is 2.65. The van der Waals surface area contributed by atoms with Gasteiger partial charge in [-0.25, -0.2) is 4.98 Å².